The summed E-state index contributed by atoms with van der Waals surface area (Å²) in [6.07, 6.45) is 1.27. The van der Waals surface area contributed by atoms with Gasteiger partial charge in [0.15, 0.2) is 0 Å². The molecule has 0 radical (unpaired) electrons. The fraction of sp³-hybridized carbons (Fsp3) is 0.429. The molecule has 2 atom stereocenters. The first kappa shape index (κ1) is 12.4. The highest BCUT2D eigenvalue weighted by Crippen LogP contribution is 2.69. The maximum Gasteiger partial charge on any atom is 0.100 e. The Hall–Kier alpha value is 0.620. The molecule has 0 saturated carbocycles. The van der Waals surface area contributed by atoms with E-state index >= 15 is 0 Å². The van der Waals surface area contributed by atoms with Crippen molar-refractivity contribution in [2.45, 2.75) is 22.3 Å². The summed E-state index contributed by atoms with van der Waals surface area (Å²) in [4.78, 5) is 0. The molecule has 0 N–H and O–H groups in total. The van der Waals surface area contributed by atoms with Gasteiger partial charge in [-0.15, -0.1) is 23.5 Å². The second-order valence-electron chi connectivity index (χ2n) is 5.00. The van der Waals surface area contributed by atoms with E-state index in [4.69, 9.17) is 0 Å². The number of benzene rings is 1. The summed E-state index contributed by atoms with van der Waals surface area (Å²) in [5.41, 5.74) is 3.12. The molecule has 0 aromatic heterocycles. The van der Waals surface area contributed by atoms with Crippen molar-refractivity contribution in [2.24, 2.45) is 0 Å². The average molecular weight is 404 g/mol. The smallest absolute Gasteiger partial charge is 0.100 e. The van der Waals surface area contributed by atoms with Crippen molar-refractivity contribution < 1.29 is 0 Å². The summed E-state index contributed by atoms with van der Waals surface area (Å²) >= 11 is 12.0. The molecule has 1 aromatic carbocycles. The molecule has 1 fully saturated rings. The normalized spacial score (nSPS) is 32.1. The molecule has 94 valence electrons. The van der Waals surface area contributed by atoms with Crippen LogP contribution >= 0.6 is 55.4 Å². The van der Waals surface area contributed by atoms with Crippen LogP contribution in [0.2, 0.25) is 0 Å². The van der Waals surface area contributed by atoms with E-state index in [1.807, 2.05) is 0 Å². The van der Waals surface area contributed by atoms with Gasteiger partial charge in [0, 0.05) is 32.3 Å². The van der Waals surface area contributed by atoms with E-state index < -0.39 is 0 Å². The van der Waals surface area contributed by atoms with Crippen molar-refractivity contribution >= 4 is 55.4 Å². The molecule has 18 heavy (non-hydrogen) atoms. The van der Waals surface area contributed by atoms with Crippen molar-refractivity contribution in [3.63, 3.8) is 0 Å². The van der Waals surface area contributed by atoms with Gasteiger partial charge in [-0.2, -0.15) is 0 Å². The van der Waals surface area contributed by atoms with Crippen LogP contribution in [-0.4, -0.2) is 15.6 Å². The largest absolute Gasteiger partial charge is 0.137 e. The SMILES string of the molecule is BrC1=C(Br)C2(SCCS2)[C@@H]2C[C@H]1c1ccccc12. The maximum atomic E-state index is 3.91. The van der Waals surface area contributed by atoms with E-state index in [0.717, 1.165) is 0 Å². The minimum Gasteiger partial charge on any atom is -0.137 e. The summed E-state index contributed by atoms with van der Waals surface area (Å²) in [5.74, 6) is 3.78. The predicted molar refractivity (Wildman–Crippen MR) is 89.1 cm³/mol. The molecule has 2 aliphatic carbocycles. The van der Waals surface area contributed by atoms with Gasteiger partial charge >= 0.3 is 0 Å². The molecule has 1 spiro atoms. The predicted octanol–water partition coefficient (Wildman–Crippen LogP) is 5.45. The summed E-state index contributed by atoms with van der Waals surface area (Å²) in [6.45, 7) is 0. The molecule has 1 heterocycles. The summed E-state index contributed by atoms with van der Waals surface area (Å²) in [7, 11) is 0. The number of rotatable bonds is 0. The van der Waals surface area contributed by atoms with Crippen LogP contribution in [-0.2, 0) is 0 Å². The molecule has 1 saturated heterocycles. The van der Waals surface area contributed by atoms with E-state index in [2.05, 4.69) is 79.6 Å². The van der Waals surface area contributed by atoms with E-state index in [1.54, 1.807) is 5.56 Å². The minimum absolute atomic E-state index is 0.238. The lowest BCUT2D eigenvalue weighted by Crippen LogP contribution is -2.29. The molecule has 0 unspecified atom stereocenters. The highest BCUT2D eigenvalue weighted by Gasteiger charge is 2.55. The van der Waals surface area contributed by atoms with Crippen LogP contribution in [0.5, 0.6) is 0 Å². The Morgan fingerprint density at radius 1 is 1.06 bits per heavy atom. The lowest BCUT2D eigenvalue weighted by Gasteiger charge is -2.38. The van der Waals surface area contributed by atoms with Crippen LogP contribution in [0.15, 0.2) is 33.2 Å². The standard InChI is InChI=1S/C14H12Br2S2/c15-12-10-7-11(9-4-2-1-3-8(9)10)14(13(12)16)17-5-6-18-14/h1-4,10-11H,5-7H2/t10-,11+/m0/s1. The van der Waals surface area contributed by atoms with Gasteiger partial charge in [-0.25, -0.2) is 0 Å². The van der Waals surface area contributed by atoms with Crippen molar-refractivity contribution in [3.05, 3.63) is 44.4 Å². The van der Waals surface area contributed by atoms with Gasteiger partial charge in [0.1, 0.15) is 4.08 Å². The number of halogens is 2. The molecule has 1 aliphatic heterocycles. The van der Waals surface area contributed by atoms with E-state index in [1.165, 1.54) is 32.5 Å². The fourth-order valence-corrected chi connectivity index (χ4v) is 9.14. The quantitative estimate of drug-likeness (QED) is 0.564. The van der Waals surface area contributed by atoms with Crippen LogP contribution in [0.4, 0.5) is 0 Å². The third-order valence-corrected chi connectivity index (χ3v) is 10.9. The Balaban J connectivity index is 1.97. The third kappa shape index (κ3) is 1.46. The van der Waals surface area contributed by atoms with Gasteiger partial charge in [-0.05, 0) is 17.5 Å². The Kier molecular flexibility index (Phi) is 2.96. The van der Waals surface area contributed by atoms with Crippen molar-refractivity contribution in [2.75, 3.05) is 11.5 Å². The number of allylic oxidation sites excluding steroid dienone is 1. The van der Waals surface area contributed by atoms with Crippen LogP contribution in [0.1, 0.15) is 29.4 Å². The second-order valence-corrected chi connectivity index (χ2v) is 9.58. The van der Waals surface area contributed by atoms with Crippen molar-refractivity contribution in [3.8, 4) is 0 Å². The molecule has 1 aromatic rings. The second kappa shape index (κ2) is 4.31. The summed E-state index contributed by atoms with van der Waals surface area (Å²) in [5, 5.41) is 0. The topological polar surface area (TPSA) is 0 Å². The van der Waals surface area contributed by atoms with Gasteiger partial charge in [0.2, 0.25) is 0 Å². The van der Waals surface area contributed by atoms with Gasteiger partial charge < -0.3 is 0 Å². The molecule has 4 rings (SSSR count). The van der Waals surface area contributed by atoms with Crippen molar-refractivity contribution in [1.29, 1.82) is 0 Å². The zero-order chi connectivity index (χ0) is 12.3. The number of hydrogen-bond donors (Lipinski definition) is 0. The van der Waals surface area contributed by atoms with Gasteiger partial charge in [0.05, 0.1) is 0 Å². The first-order chi connectivity index (χ1) is 8.74. The molecule has 4 heteroatoms. The first-order valence-corrected chi connectivity index (χ1v) is 9.72. The maximum absolute atomic E-state index is 3.91. The number of fused-ring (bicyclic) bond motifs is 6. The third-order valence-electron chi connectivity index (χ3n) is 4.21. The summed E-state index contributed by atoms with van der Waals surface area (Å²) in [6, 6.07) is 9.02. The zero-order valence-corrected chi connectivity index (χ0v) is 14.5. The molecule has 3 aliphatic rings. The summed E-state index contributed by atoms with van der Waals surface area (Å²) < 4.78 is 3.02. The Labute approximate surface area is 133 Å². The van der Waals surface area contributed by atoms with Crippen molar-refractivity contribution in [1.82, 2.24) is 0 Å². The molecular weight excluding hydrogens is 392 g/mol. The van der Waals surface area contributed by atoms with E-state index in [9.17, 15) is 0 Å². The Morgan fingerprint density at radius 2 is 1.72 bits per heavy atom. The molecule has 2 bridgehead atoms. The monoisotopic (exact) mass is 402 g/mol. The minimum atomic E-state index is 0.238. The molecular formula is C14H12Br2S2. The van der Waals surface area contributed by atoms with Crippen LogP contribution < -0.4 is 0 Å². The van der Waals surface area contributed by atoms with Gasteiger partial charge in [-0.3, -0.25) is 0 Å². The van der Waals surface area contributed by atoms with Crippen LogP contribution in [0, 0.1) is 0 Å². The average Bonchev–Trinajstić information content (AvgIpc) is 3.00. The van der Waals surface area contributed by atoms with Gasteiger partial charge in [0.25, 0.3) is 0 Å². The fourth-order valence-electron chi connectivity index (χ4n) is 3.46. The first-order valence-electron chi connectivity index (χ1n) is 6.16. The number of hydrogen-bond acceptors (Lipinski definition) is 2. The Bertz CT molecular complexity index is 546. The lowest BCUT2D eigenvalue weighted by molar-refractivity contribution is 0.607. The zero-order valence-electron chi connectivity index (χ0n) is 9.66. The molecule has 0 nitrogen and oxygen atoms in total. The van der Waals surface area contributed by atoms with Crippen LogP contribution in [0.3, 0.4) is 0 Å². The molecule has 0 amide bonds. The van der Waals surface area contributed by atoms with Gasteiger partial charge in [-0.1, -0.05) is 56.1 Å². The van der Waals surface area contributed by atoms with E-state index in [0.29, 0.717) is 11.8 Å². The van der Waals surface area contributed by atoms with Crippen LogP contribution in [0.25, 0.3) is 0 Å². The lowest BCUT2D eigenvalue weighted by atomic mass is 9.91. The number of thioether (sulfide) groups is 2. The van der Waals surface area contributed by atoms with E-state index in [-0.39, 0.29) is 4.08 Å². The Morgan fingerprint density at radius 3 is 2.44 bits per heavy atom. The highest BCUT2D eigenvalue weighted by molar-refractivity contribution is 9.14. The highest BCUT2D eigenvalue weighted by atomic mass is 79.9.